The van der Waals surface area contributed by atoms with Gasteiger partial charge in [-0.1, -0.05) is 267 Å². The van der Waals surface area contributed by atoms with Crippen LogP contribution in [0, 0.1) is 0 Å². The predicted molar refractivity (Wildman–Crippen MR) is 367 cm³/mol. The zero-order valence-electron chi connectivity index (χ0n) is 47.7. The van der Waals surface area contributed by atoms with E-state index >= 15 is 0 Å². The molecule has 16 aromatic rings. The lowest BCUT2D eigenvalue weighted by Gasteiger charge is -2.34. The van der Waals surface area contributed by atoms with E-state index in [1.54, 1.807) is 0 Å². The molecule has 0 spiro atoms. The number of benzene rings is 15. The van der Waals surface area contributed by atoms with Crippen LogP contribution in [0.5, 0.6) is 0 Å². The standard InChI is InChI=1S/C85H56N2/c1-5-23-59(24-6-1)83-73-34-15-17-36-75(73)84(76-37-18-16-35-74(76)83)60-42-48-67(49-43-60)86(66-46-40-58(41-47-66)70-38-21-25-57-22-13-14-32-69(57)70)68-50-53-82-78(56-68)77-54-61(45-52-81(77)87(82)65-30-11-4-12-31-65)62-44-51-72-71-33-19-20-39-79(71)85(80(72)55-62,63-26-7-2-8-27-63)64-28-9-3-10-29-64/h1-56H. The minimum absolute atomic E-state index is 0.504. The maximum absolute atomic E-state index is 2.48. The van der Waals surface area contributed by atoms with Crippen molar-refractivity contribution in [2.45, 2.75) is 5.41 Å². The third-order valence-electron chi connectivity index (χ3n) is 18.4. The van der Waals surface area contributed by atoms with E-state index in [2.05, 4.69) is 349 Å². The number of rotatable bonds is 10. The molecule has 406 valence electrons. The summed E-state index contributed by atoms with van der Waals surface area (Å²) in [6, 6.07) is 126. The van der Waals surface area contributed by atoms with Crippen LogP contribution in [0.2, 0.25) is 0 Å². The second-order valence-corrected chi connectivity index (χ2v) is 23.1. The Bertz CT molecular complexity index is 5200. The molecule has 0 saturated heterocycles. The summed E-state index contributed by atoms with van der Waals surface area (Å²) in [6.45, 7) is 0. The van der Waals surface area contributed by atoms with Gasteiger partial charge in [0.15, 0.2) is 0 Å². The normalized spacial score (nSPS) is 12.5. The van der Waals surface area contributed by atoms with Crippen LogP contribution in [0.3, 0.4) is 0 Å². The molecule has 0 radical (unpaired) electrons. The summed E-state index contributed by atoms with van der Waals surface area (Å²) in [5.74, 6) is 0. The molecular weight excluding hydrogens is 1050 g/mol. The van der Waals surface area contributed by atoms with Crippen LogP contribution < -0.4 is 4.90 Å². The molecule has 0 fully saturated rings. The van der Waals surface area contributed by atoms with Gasteiger partial charge in [-0.05, 0) is 183 Å². The van der Waals surface area contributed by atoms with E-state index in [1.807, 2.05) is 0 Å². The fraction of sp³-hybridized carbons (Fsp3) is 0.0118. The number of hydrogen-bond acceptors (Lipinski definition) is 1. The zero-order valence-corrected chi connectivity index (χ0v) is 47.7. The zero-order chi connectivity index (χ0) is 57.4. The Hall–Kier alpha value is -11.3. The molecule has 2 heteroatoms. The number of nitrogens with zero attached hydrogens (tertiary/aromatic N) is 2. The Kier molecular flexibility index (Phi) is 11.8. The third kappa shape index (κ3) is 8.03. The molecule has 0 atom stereocenters. The second kappa shape index (κ2) is 20.5. The van der Waals surface area contributed by atoms with Crippen LogP contribution in [-0.4, -0.2) is 4.57 Å². The average Bonchev–Trinajstić information content (AvgIpc) is 1.65. The van der Waals surface area contributed by atoms with Gasteiger partial charge in [-0.2, -0.15) is 0 Å². The molecule has 1 aliphatic carbocycles. The average molecular weight is 1110 g/mol. The van der Waals surface area contributed by atoms with E-state index in [0.717, 1.165) is 33.8 Å². The van der Waals surface area contributed by atoms with Gasteiger partial charge >= 0.3 is 0 Å². The molecule has 1 aromatic heterocycles. The predicted octanol–water partition coefficient (Wildman–Crippen LogP) is 22.7. The van der Waals surface area contributed by atoms with E-state index in [4.69, 9.17) is 0 Å². The number of para-hydroxylation sites is 1. The first-order valence-electron chi connectivity index (χ1n) is 30.1. The molecule has 0 unspecified atom stereocenters. The van der Waals surface area contributed by atoms with Crippen LogP contribution in [0.15, 0.2) is 340 Å². The second-order valence-electron chi connectivity index (χ2n) is 23.1. The van der Waals surface area contributed by atoms with Crippen molar-refractivity contribution in [1.29, 1.82) is 0 Å². The maximum Gasteiger partial charge on any atom is 0.0713 e. The number of aromatic nitrogens is 1. The van der Waals surface area contributed by atoms with Gasteiger partial charge in [0.05, 0.1) is 16.4 Å². The fourth-order valence-corrected chi connectivity index (χ4v) is 14.7. The van der Waals surface area contributed by atoms with E-state index in [9.17, 15) is 0 Å². The Morgan fingerprint density at radius 1 is 0.241 bits per heavy atom. The largest absolute Gasteiger partial charge is 0.310 e. The van der Waals surface area contributed by atoms with Crippen molar-refractivity contribution in [3.05, 3.63) is 362 Å². The van der Waals surface area contributed by atoms with Gasteiger partial charge in [-0.3, -0.25) is 0 Å². The Morgan fingerprint density at radius 2 is 0.667 bits per heavy atom. The highest BCUT2D eigenvalue weighted by molar-refractivity contribution is 6.21. The van der Waals surface area contributed by atoms with E-state index in [0.29, 0.717) is 0 Å². The molecule has 1 heterocycles. The summed E-state index contributed by atoms with van der Waals surface area (Å²) in [5, 5.41) is 9.80. The van der Waals surface area contributed by atoms with Crippen molar-refractivity contribution in [2.75, 3.05) is 4.90 Å². The highest BCUT2D eigenvalue weighted by atomic mass is 15.1. The van der Waals surface area contributed by atoms with Gasteiger partial charge in [0.1, 0.15) is 0 Å². The minimum atomic E-state index is -0.504. The fourth-order valence-electron chi connectivity index (χ4n) is 14.7. The van der Waals surface area contributed by atoms with Crippen LogP contribution in [0.25, 0.3) is 115 Å². The molecule has 1 aliphatic rings. The van der Waals surface area contributed by atoms with Crippen molar-refractivity contribution >= 4 is 71.2 Å². The van der Waals surface area contributed by atoms with E-state index in [-0.39, 0.29) is 0 Å². The van der Waals surface area contributed by atoms with Crippen molar-refractivity contribution in [1.82, 2.24) is 4.57 Å². The maximum atomic E-state index is 2.48. The molecular formula is C85H56N2. The molecule has 2 nitrogen and oxygen atoms in total. The minimum Gasteiger partial charge on any atom is -0.310 e. The summed E-state index contributed by atoms with van der Waals surface area (Å²) < 4.78 is 2.43. The van der Waals surface area contributed by atoms with Gasteiger partial charge in [0.25, 0.3) is 0 Å². The van der Waals surface area contributed by atoms with Crippen molar-refractivity contribution in [3.8, 4) is 61.3 Å². The molecule has 17 rings (SSSR count). The highest BCUT2D eigenvalue weighted by Crippen LogP contribution is 2.57. The van der Waals surface area contributed by atoms with E-state index in [1.165, 1.54) is 121 Å². The number of anilines is 3. The molecule has 87 heavy (non-hydrogen) atoms. The van der Waals surface area contributed by atoms with Crippen LogP contribution >= 0.6 is 0 Å². The van der Waals surface area contributed by atoms with Crippen molar-refractivity contribution < 1.29 is 0 Å². The summed E-state index contributed by atoms with van der Waals surface area (Å²) >= 11 is 0. The van der Waals surface area contributed by atoms with Gasteiger partial charge in [0, 0.05) is 33.5 Å². The van der Waals surface area contributed by atoms with Gasteiger partial charge in [0.2, 0.25) is 0 Å². The molecule has 0 saturated carbocycles. The van der Waals surface area contributed by atoms with Gasteiger partial charge in [-0.15, -0.1) is 0 Å². The Balaban J connectivity index is 0.851. The summed E-state index contributed by atoms with van der Waals surface area (Å²) in [7, 11) is 0. The Morgan fingerprint density at radius 3 is 1.30 bits per heavy atom. The molecule has 0 amide bonds. The first-order chi connectivity index (χ1) is 43.2. The summed E-state index contributed by atoms with van der Waals surface area (Å²) in [5.41, 5.74) is 23.5. The lowest BCUT2D eigenvalue weighted by Crippen LogP contribution is -2.28. The number of hydrogen-bond donors (Lipinski definition) is 0. The monoisotopic (exact) mass is 1100 g/mol. The van der Waals surface area contributed by atoms with Crippen LogP contribution in [0.1, 0.15) is 22.3 Å². The van der Waals surface area contributed by atoms with E-state index < -0.39 is 5.41 Å². The van der Waals surface area contributed by atoms with Crippen LogP contribution in [0.4, 0.5) is 17.1 Å². The molecule has 0 bridgehead atoms. The molecule has 0 N–H and O–H groups in total. The number of fused-ring (bicyclic) bond motifs is 9. The highest BCUT2D eigenvalue weighted by Gasteiger charge is 2.46. The van der Waals surface area contributed by atoms with Crippen molar-refractivity contribution in [3.63, 3.8) is 0 Å². The third-order valence-corrected chi connectivity index (χ3v) is 18.4. The Labute approximate surface area is 506 Å². The SMILES string of the molecule is c1ccc(-c2c3ccccc3c(-c3ccc(N(c4ccc(-c5cccc6ccccc56)cc4)c4ccc5c(c4)c4cc(-c6ccc7c(c6)C(c6ccccc6)(c6ccccc6)c6ccccc6-7)ccc4n5-c4ccccc4)cc3)c3ccccc23)cc1. The first-order valence-corrected chi connectivity index (χ1v) is 30.1. The quantitative estimate of drug-likeness (QED) is 0.124. The molecule has 15 aromatic carbocycles. The topological polar surface area (TPSA) is 8.17 Å². The lowest BCUT2D eigenvalue weighted by atomic mass is 9.67. The summed E-state index contributed by atoms with van der Waals surface area (Å²) in [4.78, 5) is 2.44. The van der Waals surface area contributed by atoms with Gasteiger partial charge < -0.3 is 9.47 Å². The lowest BCUT2D eigenvalue weighted by molar-refractivity contribution is 0.769. The smallest absolute Gasteiger partial charge is 0.0713 e. The van der Waals surface area contributed by atoms with Gasteiger partial charge in [-0.25, -0.2) is 0 Å². The summed E-state index contributed by atoms with van der Waals surface area (Å²) in [6.07, 6.45) is 0. The first kappa shape index (κ1) is 50.2. The molecule has 0 aliphatic heterocycles. The van der Waals surface area contributed by atoms with Crippen molar-refractivity contribution in [2.24, 2.45) is 0 Å². The van der Waals surface area contributed by atoms with Crippen LogP contribution in [-0.2, 0) is 5.41 Å².